The van der Waals surface area contributed by atoms with Crippen LogP contribution >= 0.6 is 11.8 Å². The van der Waals surface area contributed by atoms with E-state index in [1.807, 2.05) is 60.7 Å². The Hall–Kier alpha value is -3.78. The van der Waals surface area contributed by atoms with Crippen molar-refractivity contribution in [2.75, 3.05) is 0 Å². The van der Waals surface area contributed by atoms with E-state index in [1.54, 1.807) is 4.52 Å². The van der Waals surface area contributed by atoms with Crippen LogP contribution in [0.5, 0.6) is 0 Å². The summed E-state index contributed by atoms with van der Waals surface area (Å²) < 4.78 is 3.80. The van der Waals surface area contributed by atoms with Gasteiger partial charge >= 0.3 is 0 Å². The number of hydrogen-bond donors (Lipinski definition) is 0. The Morgan fingerprint density at radius 1 is 0.968 bits per heavy atom. The van der Waals surface area contributed by atoms with E-state index in [-0.39, 0.29) is 0 Å². The third kappa shape index (κ3) is 3.97. The Balaban J connectivity index is 1.54. The summed E-state index contributed by atoms with van der Waals surface area (Å²) in [5.41, 5.74) is 3.04. The molecule has 0 fully saturated rings. The zero-order valence-electron chi connectivity index (χ0n) is 16.7. The van der Waals surface area contributed by atoms with Gasteiger partial charge in [-0.3, -0.25) is 0 Å². The molecule has 0 aliphatic rings. The predicted molar refractivity (Wildman–Crippen MR) is 120 cm³/mol. The molecule has 5 rings (SSSR count). The molecule has 8 heteroatoms. The number of fused-ring (bicyclic) bond motifs is 1. The molecule has 7 nitrogen and oxygen atoms in total. The maximum atomic E-state index is 4.64. The van der Waals surface area contributed by atoms with Crippen molar-refractivity contribution in [3.8, 4) is 11.3 Å². The molecule has 0 bridgehead atoms. The molecule has 0 amide bonds. The van der Waals surface area contributed by atoms with E-state index in [0.717, 1.165) is 27.3 Å². The normalized spacial score (nSPS) is 11.1. The van der Waals surface area contributed by atoms with Gasteiger partial charge in [-0.25, -0.2) is 4.98 Å². The molecule has 0 unspecified atom stereocenters. The summed E-state index contributed by atoms with van der Waals surface area (Å²) in [7, 11) is 0. The minimum absolute atomic E-state index is 0.545. The molecule has 2 aromatic carbocycles. The van der Waals surface area contributed by atoms with Crippen LogP contribution in [-0.2, 0) is 13.0 Å². The molecule has 0 saturated carbocycles. The number of benzene rings is 2. The largest absolute Gasteiger partial charge is 0.302 e. The first-order chi connectivity index (χ1) is 15.3. The predicted octanol–water partition coefficient (Wildman–Crippen LogP) is 4.31. The molecule has 0 atom stereocenters. The Labute approximate surface area is 183 Å². The molecule has 0 aliphatic heterocycles. The van der Waals surface area contributed by atoms with Gasteiger partial charge in [0.2, 0.25) is 0 Å². The van der Waals surface area contributed by atoms with Gasteiger partial charge in [0.15, 0.2) is 5.16 Å². The fourth-order valence-corrected chi connectivity index (χ4v) is 4.27. The van der Waals surface area contributed by atoms with Gasteiger partial charge in [-0.05, 0) is 23.4 Å². The van der Waals surface area contributed by atoms with Gasteiger partial charge in [-0.15, -0.1) is 16.8 Å². The topological polar surface area (TPSA) is 73.8 Å². The van der Waals surface area contributed by atoms with Crippen LogP contribution in [0.2, 0.25) is 0 Å². The molecule has 0 spiro atoms. The Morgan fingerprint density at radius 2 is 1.74 bits per heavy atom. The molecule has 3 heterocycles. The van der Waals surface area contributed by atoms with E-state index in [4.69, 9.17) is 0 Å². The molecular weight excluding hydrogens is 406 g/mol. The monoisotopic (exact) mass is 425 g/mol. The van der Waals surface area contributed by atoms with Crippen molar-refractivity contribution >= 4 is 17.5 Å². The minimum atomic E-state index is 0.545. The van der Waals surface area contributed by atoms with Gasteiger partial charge in [0.1, 0.15) is 17.2 Å². The van der Waals surface area contributed by atoms with Crippen molar-refractivity contribution in [1.29, 1.82) is 0 Å². The SMILES string of the molecule is C=CCn1c(Cc2ccccc2)nnc1Sc1cc(-c2ccccc2)nc2ncnn12. The molecular formula is C23H19N7S. The van der Waals surface area contributed by atoms with Crippen LogP contribution in [0.3, 0.4) is 0 Å². The highest BCUT2D eigenvalue weighted by atomic mass is 32.2. The van der Waals surface area contributed by atoms with E-state index in [0.29, 0.717) is 18.7 Å². The number of hydrogen-bond acceptors (Lipinski definition) is 6. The standard InChI is InChI=1S/C23H19N7S/c1-2-13-29-20(14-17-9-5-3-6-10-17)27-28-23(29)31-21-15-19(18-11-7-4-8-12-18)26-22-24-16-25-30(21)22/h2-12,15-16H,1,13-14H2. The Morgan fingerprint density at radius 3 is 2.52 bits per heavy atom. The highest BCUT2D eigenvalue weighted by Gasteiger charge is 2.17. The average molecular weight is 426 g/mol. The van der Waals surface area contributed by atoms with Gasteiger partial charge in [0.25, 0.3) is 5.78 Å². The lowest BCUT2D eigenvalue weighted by molar-refractivity contribution is 0.688. The zero-order chi connectivity index (χ0) is 21.0. The lowest BCUT2D eigenvalue weighted by Crippen LogP contribution is -2.05. The summed E-state index contributed by atoms with van der Waals surface area (Å²) in [6, 6.07) is 22.3. The zero-order valence-corrected chi connectivity index (χ0v) is 17.5. The van der Waals surface area contributed by atoms with Crippen LogP contribution in [0.1, 0.15) is 11.4 Å². The summed E-state index contributed by atoms with van der Waals surface area (Å²) >= 11 is 1.49. The smallest absolute Gasteiger partial charge is 0.253 e. The maximum absolute atomic E-state index is 4.64. The molecule has 3 aromatic heterocycles. The number of aromatic nitrogens is 7. The van der Waals surface area contributed by atoms with Gasteiger partial charge in [0, 0.05) is 18.5 Å². The summed E-state index contributed by atoms with van der Waals surface area (Å²) in [4.78, 5) is 8.94. The molecule has 0 saturated heterocycles. The van der Waals surface area contributed by atoms with E-state index < -0.39 is 0 Å². The summed E-state index contributed by atoms with van der Waals surface area (Å²) in [5, 5.41) is 14.9. The summed E-state index contributed by atoms with van der Waals surface area (Å²) in [5.74, 6) is 1.43. The summed E-state index contributed by atoms with van der Waals surface area (Å²) in [6.45, 7) is 4.52. The highest BCUT2D eigenvalue weighted by molar-refractivity contribution is 7.99. The van der Waals surface area contributed by atoms with Crippen LogP contribution in [0.15, 0.2) is 95.9 Å². The quantitative estimate of drug-likeness (QED) is 0.286. The van der Waals surface area contributed by atoms with Gasteiger partial charge < -0.3 is 4.57 Å². The van der Waals surface area contributed by atoms with E-state index in [2.05, 4.69) is 48.5 Å². The first kappa shape index (κ1) is 19.2. The van der Waals surface area contributed by atoms with Crippen LogP contribution in [0.4, 0.5) is 0 Å². The lowest BCUT2D eigenvalue weighted by Gasteiger charge is -2.09. The first-order valence-corrected chi connectivity index (χ1v) is 10.6. The third-order valence-electron chi connectivity index (χ3n) is 4.79. The van der Waals surface area contributed by atoms with E-state index >= 15 is 0 Å². The van der Waals surface area contributed by atoms with Crippen molar-refractivity contribution in [3.05, 3.63) is 97.1 Å². The lowest BCUT2D eigenvalue weighted by atomic mass is 10.1. The molecule has 0 aliphatic carbocycles. The van der Waals surface area contributed by atoms with Crippen molar-refractivity contribution in [2.24, 2.45) is 0 Å². The van der Waals surface area contributed by atoms with E-state index in [9.17, 15) is 0 Å². The minimum Gasteiger partial charge on any atom is -0.302 e. The van der Waals surface area contributed by atoms with Gasteiger partial charge in [0.05, 0.1) is 5.69 Å². The fraction of sp³-hybridized carbons (Fsp3) is 0.0870. The molecule has 152 valence electrons. The number of allylic oxidation sites excluding steroid dienone is 1. The third-order valence-corrected chi connectivity index (χ3v) is 5.78. The fourth-order valence-electron chi connectivity index (χ4n) is 3.32. The molecule has 31 heavy (non-hydrogen) atoms. The van der Waals surface area contributed by atoms with Crippen LogP contribution in [0, 0.1) is 0 Å². The van der Waals surface area contributed by atoms with Crippen molar-refractivity contribution < 1.29 is 0 Å². The second kappa shape index (κ2) is 8.53. The van der Waals surface area contributed by atoms with Gasteiger partial charge in [-0.2, -0.15) is 14.6 Å². The second-order valence-corrected chi connectivity index (χ2v) is 7.87. The Kier molecular flexibility index (Phi) is 5.28. The van der Waals surface area contributed by atoms with Crippen molar-refractivity contribution in [3.63, 3.8) is 0 Å². The summed E-state index contributed by atoms with van der Waals surface area (Å²) in [6.07, 6.45) is 4.07. The van der Waals surface area contributed by atoms with Crippen LogP contribution in [0.25, 0.3) is 17.0 Å². The van der Waals surface area contributed by atoms with Crippen LogP contribution < -0.4 is 0 Å². The highest BCUT2D eigenvalue weighted by Crippen LogP contribution is 2.30. The molecule has 0 radical (unpaired) electrons. The maximum Gasteiger partial charge on any atom is 0.253 e. The molecule has 5 aromatic rings. The first-order valence-electron chi connectivity index (χ1n) is 9.83. The van der Waals surface area contributed by atoms with E-state index in [1.165, 1.54) is 23.7 Å². The van der Waals surface area contributed by atoms with Crippen molar-refractivity contribution in [2.45, 2.75) is 23.1 Å². The molecule has 0 N–H and O–H groups in total. The average Bonchev–Trinajstić information content (AvgIpc) is 3.43. The Bertz CT molecular complexity index is 1330. The number of rotatable bonds is 7. The van der Waals surface area contributed by atoms with Crippen LogP contribution in [-0.4, -0.2) is 34.3 Å². The van der Waals surface area contributed by atoms with Gasteiger partial charge in [-0.1, -0.05) is 66.7 Å². The van der Waals surface area contributed by atoms with Crippen molar-refractivity contribution in [1.82, 2.24) is 34.3 Å². The number of nitrogens with zero attached hydrogens (tertiary/aromatic N) is 7. The second-order valence-electron chi connectivity index (χ2n) is 6.88.